The smallest absolute Gasteiger partial charge is 0.284 e. The topological polar surface area (TPSA) is 166 Å². The number of likely N-dealkylation sites (tertiary alicyclic amines) is 1. The first kappa shape index (κ1) is 43.1. The number of nitrogens with one attached hydrogen (secondary N) is 2. The zero-order valence-electron chi connectivity index (χ0n) is 36.2. The number of anilines is 2. The number of alkyl halides is 3. The molecule has 1 saturated carbocycles. The third-order valence-corrected chi connectivity index (χ3v) is 13.8. The van der Waals surface area contributed by atoms with Gasteiger partial charge in [-0.05, 0) is 68.9 Å². The van der Waals surface area contributed by atoms with E-state index in [0.29, 0.717) is 54.0 Å². The highest BCUT2D eigenvalue weighted by Crippen LogP contribution is 2.37. The van der Waals surface area contributed by atoms with E-state index in [0.717, 1.165) is 81.7 Å². The lowest BCUT2D eigenvalue weighted by atomic mass is 9.85. The van der Waals surface area contributed by atoms with Crippen molar-refractivity contribution in [2.45, 2.75) is 82.0 Å². The van der Waals surface area contributed by atoms with Gasteiger partial charge in [-0.2, -0.15) is 15.3 Å². The van der Waals surface area contributed by atoms with Crippen LogP contribution >= 0.6 is 0 Å². The molecule has 4 aliphatic heterocycles. The van der Waals surface area contributed by atoms with Crippen LogP contribution in [0.15, 0.2) is 42.9 Å². The molecule has 0 bridgehead atoms. The molecule has 65 heavy (non-hydrogen) atoms. The second-order valence-corrected chi connectivity index (χ2v) is 18.3. The molecule has 5 fully saturated rings. The third kappa shape index (κ3) is 8.95. The van der Waals surface area contributed by atoms with Crippen LogP contribution in [-0.2, 0) is 26.1 Å². The molecular weight excluding hydrogens is 844 g/mol. The van der Waals surface area contributed by atoms with E-state index in [2.05, 4.69) is 47.6 Å². The number of rotatable bonds is 12. The quantitative estimate of drug-likeness (QED) is 0.125. The molecule has 16 nitrogen and oxygen atoms in total. The Morgan fingerprint density at radius 1 is 1.03 bits per heavy atom. The fourth-order valence-electron chi connectivity index (χ4n) is 10.2. The summed E-state index contributed by atoms with van der Waals surface area (Å²) in [4.78, 5) is 46.8. The highest BCUT2D eigenvalue weighted by molar-refractivity contribution is 6.08. The van der Waals surface area contributed by atoms with Crippen molar-refractivity contribution in [2.24, 2.45) is 24.8 Å². The van der Waals surface area contributed by atoms with E-state index in [1.165, 1.54) is 16.9 Å². The van der Waals surface area contributed by atoms with Gasteiger partial charge in [0.05, 0.1) is 59.9 Å². The normalized spacial score (nSPS) is 24.5. The minimum Gasteiger partial charge on any atom is -0.381 e. The lowest BCUT2D eigenvalue weighted by molar-refractivity contribution is -0.134. The van der Waals surface area contributed by atoms with Gasteiger partial charge in [0.1, 0.15) is 24.2 Å². The van der Waals surface area contributed by atoms with Gasteiger partial charge in [-0.25, -0.2) is 22.7 Å². The number of aryl methyl sites for hydroxylation is 1. The number of carbonyl (C=O) groups excluding carboxylic acids is 3. The molecule has 4 aromatic heterocycles. The van der Waals surface area contributed by atoms with E-state index < -0.39 is 36.2 Å². The van der Waals surface area contributed by atoms with Crippen LogP contribution in [0.2, 0.25) is 0 Å². The number of benzene rings is 1. The fraction of sp³-hybridized carbons (Fsp3) is 0.543. The first-order valence-electron chi connectivity index (χ1n) is 22.7. The zero-order chi connectivity index (χ0) is 44.8. The van der Waals surface area contributed by atoms with E-state index >= 15 is 4.39 Å². The van der Waals surface area contributed by atoms with E-state index in [-0.39, 0.29) is 48.7 Å². The SMILES string of the molecule is Cn1nc(C2CCC(=O)NC2=O)c2cccc(C#CCO[C@H]3CCN(C[C@H]4CC[C@H](n5cc(NC(=O)c6cnn7ccc(N8CC(CC9COC9)C8)nc67)c(C(F)F)n5)CC4)C[C@H]3F)c21. The van der Waals surface area contributed by atoms with Crippen LogP contribution in [0.5, 0.6) is 0 Å². The van der Waals surface area contributed by atoms with Crippen molar-refractivity contribution >= 4 is 45.8 Å². The maximum absolute atomic E-state index is 15.5. The fourth-order valence-corrected chi connectivity index (χ4v) is 10.2. The maximum atomic E-state index is 15.5. The predicted molar refractivity (Wildman–Crippen MR) is 232 cm³/mol. The number of halogens is 3. The summed E-state index contributed by atoms with van der Waals surface area (Å²) in [6.45, 7) is 5.17. The number of hydrogen-bond donors (Lipinski definition) is 2. The zero-order valence-corrected chi connectivity index (χ0v) is 36.2. The van der Waals surface area contributed by atoms with Gasteiger partial charge in [0.15, 0.2) is 11.3 Å². The average Bonchev–Trinajstić information content (AvgIpc) is 3.98. The van der Waals surface area contributed by atoms with Gasteiger partial charge >= 0.3 is 0 Å². The number of imide groups is 1. The molecule has 4 saturated heterocycles. The number of piperidine rings is 2. The Labute approximate surface area is 373 Å². The number of aromatic nitrogens is 7. The van der Waals surface area contributed by atoms with E-state index in [4.69, 9.17) is 14.5 Å². The predicted octanol–water partition coefficient (Wildman–Crippen LogP) is 5.21. The molecule has 1 aromatic carbocycles. The molecule has 3 atom stereocenters. The number of fused-ring (bicyclic) bond motifs is 2. The van der Waals surface area contributed by atoms with Crippen LogP contribution in [0, 0.1) is 29.6 Å². The Morgan fingerprint density at radius 2 is 1.86 bits per heavy atom. The van der Waals surface area contributed by atoms with E-state index in [1.807, 2.05) is 24.3 Å². The van der Waals surface area contributed by atoms with E-state index in [1.54, 1.807) is 22.6 Å². The summed E-state index contributed by atoms with van der Waals surface area (Å²) < 4.78 is 60.1. The van der Waals surface area contributed by atoms with Gasteiger partial charge in [-0.3, -0.25) is 34.0 Å². The van der Waals surface area contributed by atoms with Crippen LogP contribution < -0.4 is 15.5 Å². The third-order valence-electron chi connectivity index (χ3n) is 13.8. The molecule has 1 unspecified atom stereocenters. The highest BCUT2D eigenvalue weighted by atomic mass is 19.3. The van der Waals surface area contributed by atoms with Gasteiger partial charge in [-0.1, -0.05) is 24.0 Å². The Kier molecular flexibility index (Phi) is 12.1. The van der Waals surface area contributed by atoms with Crippen LogP contribution in [0.25, 0.3) is 16.6 Å². The van der Waals surface area contributed by atoms with Crippen molar-refractivity contribution in [3.05, 3.63) is 65.4 Å². The van der Waals surface area contributed by atoms with Crippen molar-refractivity contribution < 1.29 is 37.0 Å². The van der Waals surface area contributed by atoms with E-state index in [9.17, 15) is 23.2 Å². The molecule has 10 rings (SSSR count). The Morgan fingerprint density at radius 3 is 2.62 bits per heavy atom. The van der Waals surface area contributed by atoms with Crippen LogP contribution in [-0.4, -0.2) is 122 Å². The number of carbonyl (C=O) groups is 3. The Bertz CT molecular complexity index is 2650. The molecule has 5 aliphatic rings. The molecule has 19 heteroatoms. The molecule has 3 amide bonds. The molecule has 8 heterocycles. The number of nitrogens with zero attached hydrogens (tertiary/aromatic N) is 9. The second kappa shape index (κ2) is 18.2. The van der Waals surface area contributed by atoms with Crippen molar-refractivity contribution in [2.75, 3.05) is 62.8 Å². The van der Waals surface area contributed by atoms with Gasteiger partial charge in [0.2, 0.25) is 11.8 Å². The first-order chi connectivity index (χ1) is 31.5. The van der Waals surface area contributed by atoms with Crippen molar-refractivity contribution in [3.8, 4) is 11.8 Å². The van der Waals surface area contributed by atoms with Crippen molar-refractivity contribution in [1.82, 2.24) is 44.4 Å². The van der Waals surface area contributed by atoms with Gasteiger partial charge < -0.3 is 19.7 Å². The summed E-state index contributed by atoms with van der Waals surface area (Å²) >= 11 is 0. The summed E-state index contributed by atoms with van der Waals surface area (Å²) in [6, 6.07) is 7.38. The minimum absolute atomic E-state index is 0.0374. The first-order valence-corrected chi connectivity index (χ1v) is 22.7. The Balaban J connectivity index is 0.695. The molecule has 0 radical (unpaired) electrons. The summed E-state index contributed by atoms with van der Waals surface area (Å²) in [5, 5.41) is 19.0. The standard InChI is InChI=1S/C46H52F3N11O5/c1-56-42-30(4-2-6-32(42)40(54-56)33-11-12-39(61)53-45(33)62)5-3-17-65-37-13-15-57(23-35(37)47)20-27-7-9-31(10-8-27)60-24-36(41(55-60)43(48)49)51-46(63)34-19-50-59-16-14-38(52-44(34)59)58-21-28(22-58)18-29-25-64-26-29/h2,4,6,14,16,19,24,27-29,31,33,35,37,43H,7-13,15,17-18,20-23,25-26H2,1H3,(H,51,63)(H,53,61,62)/t27-,31-,33?,35-,37+/m1/s1. The van der Waals surface area contributed by atoms with Crippen molar-refractivity contribution in [1.29, 1.82) is 0 Å². The summed E-state index contributed by atoms with van der Waals surface area (Å²) in [7, 11) is 1.80. The second-order valence-electron chi connectivity index (χ2n) is 18.3. The summed E-state index contributed by atoms with van der Waals surface area (Å²) in [5.41, 5.74) is 2.12. The molecular formula is C46H52F3N11O5. The highest BCUT2D eigenvalue weighted by Gasteiger charge is 2.36. The average molecular weight is 896 g/mol. The number of amides is 3. The maximum Gasteiger partial charge on any atom is 0.284 e. The van der Waals surface area contributed by atoms with Gasteiger partial charge in [0, 0.05) is 69.9 Å². The lowest BCUT2D eigenvalue weighted by Crippen LogP contribution is -2.49. The number of ether oxygens (including phenoxy) is 2. The Hall–Kier alpha value is -5.84. The van der Waals surface area contributed by atoms with Crippen molar-refractivity contribution in [3.63, 3.8) is 0 Å². The van der Waals surface area contributed by atoms with Crippen LogP contribution in [0.3, 0.4) is 0 Å². The summed E-state index contributed by atoms with van der Waals surface area (Å²) in [6.07, 6.45) is 5.46. The monoisotopic (exact) mass is 895 g/mol. The molecule has 2 N–H and O–H groups in total. The molecule has 5 aromatic rings. The molecule has 1 aliphatic carbocycles. The van der Waals surface area contributed by atoms with Gasteiger partial charge in [-0.15, -0.1) is 0 Å². The van der Waals surface area contributed by atoms with Crippen LogP contribution in [0.4, 0.5) is 24.7 Å². The molecule has 342 valence electrons. The minimum atomic E-state index is -2.89. The largest absolute Gasteiger partial charge is 0.381 e. The molecule has 0 spiro atoms. The van der Waals surface area contributed by atoms with Gasteiger partial charge in [0.25, 0.3) is 12.3 Å². The lowest BCUT2D eigenvalue weighted by Gasteiger charge is -2.43. The number of para-hydroxylation sites is 1. The van der Waals surface area contributed by atoms with Crippen LogP contribution in [0.1, 0.15) is 97.1 Å². The summed E-state index contributed by atoms with van der Waals surface area (Å²) in [5.74, 6) is 6.74. The number of hydrogen-bond acceptors (Lipinski definition) is 11.